The zero-order valence-corrected chi connectivity index (χ0v) is 11.5. The van der Waals surface area contributed by atoms with E-state index in [2.05, 4.69) is 28.3 Å². The summed E-state index contributed by atoms with van der Waals surface area (Å²) < 4.78 is 2.11. The largest absolute Gasteiger partial charge is 0.309 e. The molecule has 0 spiro atoms. The van der Waals surface area contributed by atoms with Gasteiger partial charge in [-0.25, -0.2) is 0 Å². The maximum Gasteiger partial charge on any atom is 0.0585 e. The van der Waals surface area contributed by atoms with Gasteiger partial charge in [-0.15, -0.1) is 0 Å². The summed E-state index contributed by atoms with van der Waals surface area (Å²) in [5.41, 5.74) is 3.01. The molecule has 1 saturated carbocycles. The molecule has 0 aromatic carbocycles. The van der Waals surface area contributed by atoms with E-state index in [4.69, 9.17) is 0 Å². The summed E-state index contributed by atoms with van der Waals surface area (Å²) in [4.78, 5) is 0. The monoisotopic (exact) mass is 247 g/mol. The Morgan fingerprint density at radius 1 is 1.11 bits per heavy atom. The van der Waals surface area contributed by atoms with E-state index in [1.54, 1.807) is 5.56 Å². The van der Waals surface area contributed by atoms with Crippen molar-refractivity contribution in [3.8, 4) is 0 Å². The lowest BCUT2D eigenvalue weighted by Crippen LogP contribution is -2.18. The molecule has 1 saturated heterocycles. The van der Waals surface area contributed by atoms with Crippen LogP contribution in [0.1, 0.15) is 74.6 Å². The van der Waals surface area contributed by atoms with Crippen molar-refractivity contribution in [3.63, 3.8) is 0 Å². The van der Waals surface area contributed by atoms with Crippen LogP contribution in [0.15, 0.2) is 6.20 Å². The van der Waals surface area contributed by atoms with Crippen LogP contribution in [0.3, 0.4) is 0 Å². The van der Waals surface area contributed by atoms with Gasteiger partial charge in [0.1, 0.15) is 0 Å². The quantitative estimate of drug-likeness (QED) is 0.813. The molecule has 3 nitrogen and oxygen atoms in total. The Kier molecular flexibility index (Phi) is 3.69. The van der Waals surface area contributed by atoms with Crippen LogP contribution in [-0.4, -0.2) is 16.3 Å². The standard InChI is InChI=1S/C15H25N3/c1-18-15(14-9-6-10-16-14)13(11-17-18)12-7-4-2-3-5-8-12/h11-12,14,16H,2-10H2,1H3. The fraction of sp³-hybridized carbons (Fsp3) is 0.800. The van der Waals surface area contributed by atoms with Gasteiger partial charge in [-0.05, 0) is 43.7 Å². The van der Waals surface area contributed by atoms with Gasteiger partial charge in [0.15, 0.2) is 0 Å². The fourth-order valence-electron chi connectivity index (χ4n) is 3.71. The van der Waals surface area contributed by atoms with Crippen molar-refractivity contribution in [2.24, 2.45) is 7.05 Å². The second-order valence-electron chi connectivity index (χ2n) is 5.95. The first-order valence-corrected chi connectivity index (χ1v) is 7.61. The van der Waals surface area contributed by atoms with Gasteiger partial charge >= 0.3 is 0 Å². The van der Waals surface area contributed by atoms with E-state index in [-0.39, 0.29) is 0 Å². The Bertz CT molecular complexity index is 382. The highest BCUT2D eigenvalue weighted by Gasteiger charge is 2.27. The minimum Gasteiger partial charge on any atom is -0.309 e. The molecule has 1 aromatic rings. The summed E-state index contributed by atoms with van der Waals surface area (Å²) in [5, 5.41) is 8.18. The normalized spacial score (nSPS) is 26.4. The average Bonchev–Trinajstić information content (AvgIpc) is 2.92. The molecule has 1 unspecified atom stereocenters. The van der Waals surface area contributed by atoms with E-state index >= 15 is 0 Å². The minimum atomic E-state index is 0.552. The molecule has 18 heavy (non-hydrogen) atoms. The highest BCUT2D eigenvalue weighted by atomic mass is 15.3. The van der Waals surface area contributed by atoms with Crippen molar-refractivity contribution >= 4 is 0 Å². The third kappa shape index (κ3) is 2.33. The second kappa shape index (κ2) is 5.43. The third-order valence-electron chi connectivity index (χ3n) is 4.70. The van der Waals surface area contributed by atoms with Crippen molar-refractivity contribution in [1.82, 2.24) is 15.1 Å². The average molecular weight is 247 g/mol. The van der Waals surface area contributed by atoms with Crippen LogP contribution >= 0.6 is 0 Å². The first-order valence-electron chi connectivity index (χ1n) is 7.61. The molecular formula is C15H25N3. The SMILES string of the molecule is Cn1ncc(C2CCCCCC2)c1C1CCCN1. The molecule has 0 radical (unpaired) electrons. The Hall–Kier alpha value is -0.830. The van der Waals surface area contributed by atoms with Gasteiger partial charge in [0.25, 0.3) is 0 Å². The maximum atomic E-state index is 4.54. The van der Waals surface area contributed by atoms with Crippen LogP contribution in [0.4, 0.5) is 0 Å². The van der Waals surface area contributed by atoms with E-state index < -0.39 is 0 Å². The number of aromatic nitrogens is 2. The molecule has 100 valence electrons. The molecule has 0 bridgehead atoms. The summed E-state index contributed by atoms with van der Waals surface area (Å²) in [6, 6.07) is 0.552. The summed E-state index contributed by atoms with van der Waals surface area (Å²) in [6.45, 7) is 1.17. The topological polar surface area (TPSA) is 29.9 Å². The van der Waals surface area contributed by atoms with Gasteiger partial charge in [-0.2, -0.15) is 5.10 Å². The highest BCUT2D eigenvalue weighted by Crippen LogP contribution is 2.36. The van der Waals surface area contributed by atoms with Crippen LogP contribution in [0, 0.1) is 0 Å². The van der Waals surface area contributed by atoms with Crippen LogP contribution in [0.5, 0.6) is 0 Å². The van der Waals surface area contributed by atoms with Crippen molar-refractivity contribution in [3.05, 3.63) is 17.5 Å². The number of hydrogen-bond acceptors (Lipinski definition) is 2. The fourth-order valence-corrected chi connectivity index (χ4v) is 3.71. The number of hydrogen-bond donors (Lipinski definition) is 1. The summed E-state index contributed by atoms with van der Waals surface area (Å²) in [7, 11) is 2.11. The molecule has 1 N–H and O–H groups in total. The maximum absolute atomic E-state index is 4.54. The van der Waals surface area contributed by atoms with E-state index in [1.165, 1.54) is 63.6 Å². The molecule has 1 aliphatic carbocycles. The van der Waals surface area contributed by atoms with Crippen molar-refractivity contribution in [1.29, 1.82) is 0 Å². The Labute approximate surface area is 110 Å². The summed E-state index contributed by atoms with van der Waals surface area (Å²) >= 11 is 0. The van der Waals surface area contributed by atoms with Gasteiger partial charge in [0.2, 0.25) is 0 Å². The molecule has 1 aromatic heterocycles. The number of rotatable bonds is 2. The molecule has 3 rings (SSSR count). The predicted octanol–water partition coefficient (Wildman–Crippen LogP) is 3.28. The molecule has 1 aliphatic heterocycles. The predicted molar refractivity (Wildman–Crippen MR) is 73.6 cm³/mol. The zero-order chi connectivity index (χ0) is 12.4. The van der Waals surface area contributed by atoms with E-state index in [0.29, 0.717) is 6.04 Å². The van der Waals surface area contributed by atoms with Gasteiger partial charge < -0.3 is 5.32 Å². The highest BCUT2D eigenvalue weighted by molar-refractivity contribution is 5.26. The van der Waals surface area contributed by atoms with Crippen molar-refractivity contribution < 1.29 is 0 Å². The number of nitrogens with one attached hydrogen (secondary N) is 1. The van der Waals surface area contributed by atoms with Gasteiger partial charge in [0.05, 0.1) is 11.9 Å². The van der Waals surface area contributed by atoms with E-state index in [1.807, 2.05) is 0 Å². The first kappa shape index (κ1) is 12.2. The molecule has 2 heterocycles. The smallest absolute Gasteiger partial charge is 0.0585 e. The Balaban J connectivity index is 1.86. The lowest BCUT2D eigenvalue weighted by Gasteiger charge is -2.19. The zero-order valence-electron chi connectivity index (χ0n) is 11.5. The summed E-state index contributed by atoms with van der Waals surface area (Å²) in [5.74, 6) is 0.763. The Morgan fingerprint density at radius 2 is 1.89 bits per heavy atom. The number of nitrogens with zero attached hydrogens (tertiary/aromatic N) is 2. The first-order chi connectivity index (χ1) is 8.86. The third-order valence-corrected chi connectivity index (χ3v) is 4.70. The van der Waals surface area contributed by atoms with Crippen LogP contribution in [-0.2, 0) is 7.05 Å². The number of aryl methyl sites for hydroxylation is 1. The molecule has 2 aliphatic rings. The van der Waals surface area contributed by atoms with Crippen LogP contribution < -0.4 is 5.32 Å². The van der Waals surface area contributed by atoms with Crippen molar-refractivity contribution in [2.75, 3.05) is 6.54 Å². The van der Waals surface area contributed by atoms with E-state index in [0.717, 1.165) is 5.92 Å². The molecule has 3 heteroatoms. The molecule has 2 fully saturated rings. The molecular weight excluding hydrogens is 222 g/mol. The van der Waals surface area contributed by atoms with Gasteiger partial charge in [-0.1, -0.05) is 25.7 Å². The van der Waals surface area contributed by atoms with E-state index in [9.17, 15) is 0 Å². The Morgan fingerprint density at radius 3 is 2.56 bits per heavy atom. The molecule has 1 atom stereocenters. The lowest BCUT2D eigenvalue weighted by atomic mass is 9.90. The van der Waals surface area contributed by atoms with Crippen LogP contribution in [0.2, 0.25) is 0 Å². The second-order valence-corrected chi connectivity index (χ2v) is 5.95. The van der Waals surface area contributed by atoms with Gasteiger partial charge in [0, 0.05) is 13.1 Å². The van der Waals surface area contributed by atoms with Crippen LogP contribution in [0.25, 0.3) is 0 Å². The molecule has 0 amide bonds. The lowest BCUT2D eigenvalue weighted by molar-refractivity contribution is 0.539. The van der Waals surface area contributed by atoms with Gasteiger partial charge in [-0.3, -0.25) is 4.68 Å². The summed E-state index contributed by atoms with van der Waals surface area (Å²) in [6.07, 6.45) is 13.1. The minimum absolute atomic E-state index is 0.552. The van der Waals surface area contributed by atoms with Crippen molar-refractivity contribution in [2.45, 2.75) is 63.3 Å².